The van der Waals surface area contributed by atoms with Gasteiger partial charge in [-0.15, -0.1) is 0 Å². The van der Waals surface area contributed by atoms with Gasteiger partial charge in [-0.2, -0.15) is 5.10 Å². The lowest BCUT2D eigenvalue weighted by molar-refractivity contribution is 0.0821. The zero-order valence-electron chi connectivity index (χ0n) is 11.5. The van der Waals surface area contributed by atoms with Crippen LogP contribution in [0.25, 0.3) is 5.82 Å². The average molecular weight is 289 g/mol. The minimum absolute atomic E-state index is 0.173. The molecule has 0 fully saturated rings. The highest BCUT2D eigenvalue weighted by Crippen LogP contribution is 2.13. The Morgan fingerprint density at radius 2 is 2.05 bits per heavy atom. The van der Waals surface area contributed by atoms with Gasteiger partial charge in [0.1, 0.15) is 4.99 Å². The first-order chi connectivity index (χ1) is 9.40. The monoisotopic (exact) mass is 289 g/mol. The number of amides is 1. The van der Waals surface area contributed by atoms with Crippen molar-refractivity contribution in [2.75, 3.05) is 14.1 Å². The van der Waals surface area contributed by atoms with Gasteiger partial charge in [-0.1, -0.05) is 12.2 Å². The van der Waals surface area contributed by atoms with E-state index in [9.17, 15) is 4.79 Å². The SMILES string of the molecule is Cc1ccc(C(N)=S)c(-n2ccc(C(=O)N(C)C)n2)n1. The molecular formula is C13H15N5OS. The number of thiocarbonyl (C=S) groups is 1. The predicted octanol–water partition coefficient (Wildman–Crippen LogP) is 0.912. The smallest absolute Gasteiger partial charge is 0.273 e. The van der Waals surface area contributed by atoms with Crippen LogP contribution in [-0.2, 0) is 0 Å². The Morgan fingerprint density at radius 1 is 1.35 bits per heavy atom. The van der Waals surface area contributed by atoms with Crippen molar-refractivity contribution in [3.8, 4) is 5.82 Å². The van der Waals surface area contributed by atoms with Crippen molar-refractivity contribution in [2.45, 2.75) is 6.92 Å². The van der Waals surface area contributed by atoms with Crippen molar-refractivity contribution in [3.63, 3.8) is 0 Å². The summed E-state index contributed by atoms with van der Waals surface area (Å²) in [7, 11) is 3.35. The van der Waals surface area contributed by atoms with E-state index in [-0.39, 0.29) is 10.9 Å². The molecule has 7 heteroatoms. The van der Waals surface area contributed by atoms with Crippen LogP contribution in [0.2, 0.25) is 0 Å². The second-order valence-corrected chi connectivity index (χ2v) is 4.97. The molecule has 2 rings (SSSR count). The van der Waals surface area contributed by atoms with Gasteiger partial charge < -0.3 is 10.6 Å². The molecule has 0 saturated carbocycles. The summed E-state index contributed by atoms with van der Waals surface area (Å²) in [6.45, 7) is 1.86. The first-order valence-corrected chi connectivity index (χ1v) is 6.36. The van der Waals surface area contributed by atoms with Crippen LogP contribution in [0.1, 0.15) is 21.7 Å². The van der Waals surface area contributed by atoms with Crippen LogP contribution in [-0.4, -0.2) is 44.7 Å². The van der Waals surface area contributed by atoms with Gasteiger partial charge in [0.05, 0.1) is 5.56 Å². The highest BCUT2D eigenvalue weighted by Gasteiger charge is 2.15. The van der Waals surface area contributed by atoms with E-state index >= 15 is 0 Å². The molecule has 0 saturated heterocycles. The molecule has 0 spiro atoms. The zero-order chi connectivity index (χ0) is 14.9. The molecular weight excluding hydrogens is 274 g/mol. The third-order valence-corrected chi connectivity index (χ3v) is 2.93. The van der Waals surface area contributed by atoms with Gasteiger partial charge in [-0.3, -0.25) is 4.79 Å². The number of aromatic nitrogens is 3. The second kappa shape index (κ2) is 5.38. The number of rotatable bonds is 3. The fourth-order valence-electron chi connectivity index (χ4n) is 1.70. The summed E-state index contributed by atoms with van der Waals surface area (Å²) in [6, 6.07) is 5.26. The Morgan fingerprint density at radius 3 is 2.65 bits per heavy atom. The summed E-state index contributed by atoms with van der Waals surface area (Å²) in [5.41, 5.74) is 7.47. The lowest BCUT2D eigenvalue weighted by Gasteiger charge is -2.09. The molecule has 2 heterocycles. The Labute approximate surface area is 122 Å². The van der Waals surface area contributed by atoms with E-state index in [2.05, 4.69) is 10.1 Å². The van der Waals surface area contributed by atoms with Crippen LogP contribution in [0, 0.1) is 6.92 Å². The molecule has 2 N–H and O–H groups in total. The van der Waals surface area contributed by atoms with E-state index < -0.39 is 0 Å². The Bertz CT molecular complexity index is 677. The number of carbonyl (C=O) groups is 1. The summed E-state index contributed by atoms with van der Waals surface area (Å²) in [4.78, 5) is 17.9. The fraction of sp³-hybridized carbons (Fsp3) is 0.231. The highest BCUT2D eigenvalue weighted by atomic mass is 32.1. The van der Waals surface area contributed by atoms with Gasteiger partial charge in [-0.05, 0) is 25.1 Å². The van der Waals surface area contributed by atoms with Gasteiger partial charge in [0.15, 0.2) is 11.5 Å². The molecule has 2 aromatic heterocycles. The Balaban J connectivity index is 2.50. The van der Waals surface area contributed by atoms with Gasteiger partial charge in [0.2, 0.25) is 0 Å². The molecule has 0 aliphatic heterocycles. The summed E-state index contributed by atoms with van der Waals surface area (Å²) in [5.74, 6) is 0.351. The third kappa shape index (κ3) is 2.67. The average Bonchev–Trinajstić information content (AvgIpc) is 2.86. The maximum atomic E-state index is 11.9. The van der Waals surface area contributed by atoms with E-state index in [0.29, 0.717) is 17.1 Å². The maximum absolute atomic E-state index is 11.9. The van der Waals surface area contributed by atoms with Crippen molar-refractivity contribution in [1.82, 2.24) is 19.7 Å². The van der Waals surface area contributed by atoms with Gasteiger partial charge in [0, 0.05) is 26.0 Å². The maximum Gasteiger partial charge on any atom is 0.273 e. The first kappa shape index (κ1) is 14.1. The molecule has 0 radical (unpaired) electrons. The summed E-state index contributed by atoms with van der Waals surface area (Å²) in [5, 5.41) is 4.23. The minimum atomic E-state index is -0.173. The molecule has 0 unspecified atom stereocenters. The van der Waals surface area contributed by atoms with E-state index in [1.807, 2.05) is 13.0 Å². The summed E-state index contributed by atoms with van der Waals surface area (Å²) < 4.78 is 1.51. The molecule has 0 aliphatic rings. The first-order valence-electron chi connectivity index (χ1n) is 5.95. The van der Waals surface area contributed by atoms with E-state index in [4.69, 9.17) is 18.0 Å². The molecule has 0 aromatic carbocycles. The fourth-order valence-corrected chi connectivity index (χ4v) is 1.85. The van der Waals surface area contributed by atoms with Crippen LogP contribution in [0.4, 0.5) is 0 Å². The summed E-state index contributed by atoms with van der Waals surface area (Å²) in [6.07, 6.45) is 1.67. The van der Waals surface area contributed by atoms with Crippen molar-refractivity contribution < 1.29 is 4.79 Å². The molecule has 0 aliphatic carbocycles. The molecule has 20 heavy (non-hydrogen) atoms. The second-order valence-electron chi connectivity index (χ2n) is 4.53. The van der Waals surface area contributed by atoms with E-state index in [1.54, 1.807) is 32.4 Å². The van der Waals surface area contributed by atoms with Crippen LogP contribution >= 0.6 is 12.2 Å². The molecule has 1 amide bonds. The Hall–Kier alpha value is -2.28. The number of nitrogens with two attached hydrogens (primary N) is 1. The lowest BCUT2D eigenvalue weighted by Crippen LogP contribution is -2.22. The number of carbonyl (C=O) groups excluding carboxylic acids is 1. The number of nitrogens with zero attached hydrogens (tertiary/aromatic N) is 4. The predicted molar refractivity (Wildman–Crippen MR) is 80.0 cm³/mol. The minimum Gasteiger partial charge on any atom is -0.389 e. The summed E-state index contributed by atoms with van der Waals surface area (Å²) >= 11 is 5.01. The van der Waals surface area contributed by atoms with Gasteiger partial charge in [-0.25, -0.2) is 9.67 Å². The lowest BCUT2D eigenvalue weighted by atomic mass is 10.2. The van der Waals surface area contributed by atoms with Crippen molar-refractivity contribution >= 4 is 23.1 Å². The topological polar surface area (TPSA) is 77.0 Å². The molecule has 0 bridgehead atoms. The number of hydrogen-bond donors (Lipinski definition) is 1. The van der Waals surface area contributed by atoms with Crippen molar-refractivity contribution in [1.29, 1.82) is 0 Å². The van der Waals surface area contributed by atoms with Crippen LogP contribution in [0.15, 0.2) is 24.4 Å². The van der Waals surface area contributed by atoms with Crippen LogP contribution < -0.4 is 5.73 Å². The molecule has 2 aromatic rings. The molecule has 0 atom stereocenters. The Kier molecular flexibility index (Phi) is 3.80. The normalized spacial score (nSPS) is 10.3. The van der Waals surface area contributed by atoms with E-state index in [1.165, 1.54) is 9.58 Å². The quantitative estimate of drug-likeness (QED) is 0.850. The molecule has 104 valence electrons. The largest absolute Gasteiger partial charge is 0.389 e. The van der Waals surface area contributed by atoms with Crippen molar-refractivity contribution in [3.05, 3.63) is 41.3 Å². The standard InChI is InChI=1S/C13H15N5OS/c1-8-4-5-9(11(14)20)12(15-8)18-7-6-10(16-18)13(19)17(2)3/h4-7H,1-3H3,(H2,14,20). The third-order valence-electron chi connectivity index (χ3n) is 2.71. The van der Waals surface area contributed by atoms with Crippen LogP contribution in [0.3, 0.4) is 0 Å². The van der Waals surface area contributed by atoms with E-state index in [0.717, 1.165) is 5.69 Å². The number of pyridine rings is 1. The number of hydrogen-bond acceptors (Lipinski definition) is 4. The zero-order valence-corrected chi connectivity index (χ0v) is 12.3. The molecule has 6 nitrogen and oxygen atoms in total. The van der Waals surface area contributed by atoms with Gasteiger partial charge in [0.25, 0.3) is 5.91 Å². The van der Waals surface area contributed by atoms with Gasteiger partial charge >= 0.3 is 0 Å². The highest BCUT2D eigenvalue weighted by molar-refractivity contribution is 7.80. The van der Waals surface area contributed by atoms with Crippen LogP contribution in [0.5, 0.6) is 0 Å². The number of aryl methyl sites for hydroxylation is 1. The van der Waals surface area contributed by atoms with Crippen molar-refractivity contribution in [2.24, 2.45) is 5.73 Å².